The fourth-order valence-corrected chi connectivity index (χ4v) is 2.73. The Bertz CT molecular complexity index is 428. The molecule has 4 heteroatoms. The molecule has 1 saturated heterocycles. The third-order valence-corrected chi connectivity index (χ3v) is 4.11. The molecule has 0 bridgehead atoms. The van der Waals surface area contributed by atoms with Crippen LogP contribution in [-0.2, 0) is 16.1 Å². The Kier molecular flexibility index (Phi) is 5.23. The summed E-state index contributed by atoms with van der Waals surface area (Å²) in [4.78, 5) is 13.6. The molecule has 0 aromatic heterocycles. The van der Waals surface area contributed by atoms with E-state index in [1.165, 1.54) is 12.7 Å². The molecule has 19 heavy (non-hydrogen) atoms. The number of hydrogen-bond donors (Lipinski definition) is 0. The highest BCUT2D eigenvalue weighted by atomic mass is 35.5. The minimum Gasteiger partial charge on any atom is -0.469 e. The number of piperidine rings is 1. The number of methoxy groups -OCH3 is 1. The molecule has 1 aliphatic rings. The highest BCUT2D eigenvalue weighted by molar-refractivity contribution is 6.31. The van der Waals surface area contributed by atoms with Crippen molar-refractivity contribution in [3.63, 3.8) is 0 Å². The van der Waals surface area contributed by atoms with E-state index in [0.29, 0.717) is 12.3 Å². The van der Waals surface area contributed by atoms with Gasteiger partial charge in [-0.3, -0.25) is 9.69 Å². The van der Waals surface area contributed by atoms with Crippen LogP contribution in [0.15, 0.2) is 24.3 Å². The Labute approximate surface area is 119 Å². The van der Waals surface area contributed by atoms with Crippen LogP contribution in [-0.4, -0.2) is 31.1 Å². The fourth-order valence-electron chi connectivity index (χ4n) is 2.54. The molecular weight excluding hydrogens is 262 g/mol. The molecule has 0 N–H and O–H groups in total. The Morgan fingerprint density at radius 3 is 2.68 bits per heavy atom. The number of carbonyl (C=O) groups excluding carboxylic acids is 1. The van der Waals surface area contributed by atoms with Crippen molar-refractivity contribution < 1.29 is 9.53 Å². The number of esters is 1. The van der Waals surface area contributed by atoms with Crippen molar-refractivity contribution in [2.45, 2.75) is 25.8 Å². The second-order valence-electron chi connectivity index (χ2n) is 5.09. The molecule has 1 aliphatic heterocycles. The maximum absolute atomic E-state index is 11.2. The van der Waals surface area contributed by atoms with Gasteiger partial charge in [-0.2, -0.15) is 0 Å². The summed E-state index contributed by atoms with van der Waals surface area (Å²) in [5, 5.41) is 0.833. The minimum absolute atomic E-state index is 0.0930. The summed E-state index contributed by atoms with van der Waals surface area (Å²) in [5.41, 5.74) is 1.18. The smallest absolute Gasteiger partial charge is 0.305 e. The zero-order valence-corrected chi connectivity index (χ0v) is 12.0. The zero-order valence-electron chi connectivity index (χ0n) is 11.3. The maximum Gasteiger partial charge on any atom is 0.305 e. The van der Waals surface area contributed by atoms with Crippen LogP contribution in [0.5, 0.6) is 0 Å². The quantitative estimate of drug-likeness (QED) is 0.794. The molecule has 0 radical (unpaired) electrons. The molecule has 1 fully saturated rings. The topological polar surface area (TPSA) is 29.5 Å². The molecule has 104 valence electrons. The molecule has 1 aromatic carbocycles. The van der Waals surface area contributed by atoms with Crippen molar-refractivity contribution in [1.82, 2.24) is 4.90 Å². The zero-order chi connectivity index (χ0) is 13.7. The Morgan fingerprint density at radius 2 is 2.05 bits per heavy atom. The normalized spacial score (nSPS) is 17.4. The van der Waals surface area contributed by atoms with Gasteiger partial charge < -0.3 is 4.74 Å². The lowest BCUT2D eigenvalue weighted by atomic mass is 9.93. The van der Waals surface area contributed by atoms with E-state index in [9.17, 15) is 4.79 Å². The Hall–Kier alpha value is -1.06. The van der Waals surface area contributed by atoms with Gasteiger partial charge in [-0.15, -0.1) is 0 Å². The van der Waals surface area contributed by atoms with Crippen molar-refractivity contribution in [3.8, 4) is 0 Å². The van der Waals surface area contributed by atoms with Crippen LogP contribution >= 0.6 is 11.6 Å². The van der Waals surface area contributed by atoms with E-state index in [-0.39, 0.29) is 5.97 Å². The number of carbonyl (C=O) groups is 1. The van der Waals surface area contributed by atoms with E-state index in [1.807, 2.05) is 18.2 Å². The molecule has 0 amide bonds. The third kappa shape index (κ3) is 4.22. The van der Waals surface area contributed by atoms with E-state index >= 15 is 0 Å². The number of hydrogen-bond acceptors (Lipinski definition) is 3. The third-order valence-electron chi connectivity index (χ3n) is 3.74. The van der Waals surface area contributed by atoms with Crippen molar-refractivity contribution in [1.29, 1.82) is 0 Å². The van der Waals surface area contributed by atoms with E-state index in [0.717, 1.165) is 37.5 Å². The standard InChI is InChI=1S/C15H20ClNO2/c1-19-15(18)10-12-6-8-17(9-7-12)11-13-4-2-3-5-14(13)16/h2-5,12H,6-11H2,1H3. The van der Waals surface area contributed by atoms with E-state index < -0.39 is 0 Å². The van der Waals surface area contributed by atoms with Gasteiger partial charge in [-0.1, -0.05) is 29.8 Å². The Balaban J connectivity index is 1.81. The van der Waals surface area contributed by atoms with Gasteiger partial charge >= 0.3 is 5.97 Å². The van der Waals surface area contributed by atoms with E-state index in [1.54, 1.807) is 0 Å². The summed E-state index contributed by atoms with van der Waals surface area (Å²) in [6.07, 6.45) is 2.66. The first-order valence-corrected chi connectivity index (χ1v) is 7.09. The van der Waals surface area contributed by atoms with Gasteiger partial charge in [-0.05, 0) is 43.5 Å². The molecular formula is C15H20ClNO2. The summed E-state index contributed by atoms with van der Waals surface area (Å²) in [6.45, 7) is 2.93. The predicted molar refractivity (Wildman–Crippen MR) is 76.1 cm³/mol. The number of ether oxygens (including phenoxy) is 1. The van der Waals surface area contributed by atoms with Gasteiger partial charge in [-0.25, -0.2) is 0 Å². The van der Waals surface area contributed by atoms with Gasteiger partial charge in [0.1, 0.15) is 0 Å². The van der Waals surface area contributed by atoms with Crippen LogP contribution in [0.3, 0.4) is 0 Å². The van der Waals surface area contributed by atoms with Crippen LogP contribution in [0, 0.1) is 5.92 Å². The molecule has 1 aromatic rings. The van der Waals surface area contributed by atoms with Crippen molar-refractivity contribution in [2.24, 2.45) is 5.92 Å². The molecule has 0 aliphatic carbocycles. The number of benzene rings is 1. The molecule has 0 atom stereocenters. The average molecular weight is 282 g/mol. The molecule has 3 nitrogen and oxygen atoms in total. The lowest BCUT2D eigenvalue weighted by Gasteiger charge is -2.31. The first-order valence-electron chi connectivity index (χ1n) is 6.71. The summed E-state index contributed by atoms with van der Waals surface area (Å²) in [6, 6.07) is 7.98. The molecule has 0 unspecified atom stereocenters. The largest absolute Gasteiger partial charge is 0.469 e. The van der Waals surface area contributed by atoms with E-state index in [4.69, 9.17) is 16.3 Å². The van der Waals surface area contributed by atoms with Gasteiger partial charge in [0.15, 0.2) is 0 Å². The highest BCUT2D eigenvalue weighted by Gasteiger charge is 2.22. The van der Waals surface area contributed by atoms with E-state index in [2.05, 4.69) is 11.0 Å². The summed E-state index contributed by atoms with van der Waals surface area (Å²) >= 11 is 6.17. The maximum atomic E-state index is 11.2. The molecule has 2 rings (SSSR count). The van der Waals surface area contributed by atoms with Gasteiger partial charge in [0.05, 0.1) is 7.11 Å². The minimum atomic E-state index is -0.0930. The first kappa shape index (κ1) is 14.4. The summed E-state index contributed by atoms with van der Waals surface area (Å²) < 4.78 is 4.72. The summed E-state index contributed by atoms with van der Waals surface area (Å²) in [7, 11) is 1.45. The second-order valence-corrected chi connectivity index (χ2v) is 5.50. The van der Waals surface area contributed by atoms with Crippen molar-refractivity contribution in [2.75, 3.05) is 20.2 Å². The molecule has 0 saturated carbocycles. The van der Waals surface area contributed by atoms with Crippen LogP contribution in [0.1, 0.15) is 24.8 Å². The van der Waals surface area contributed by atoms with Gasteiger partial charge in [0, 0.05) is 18.0 Å². The predicted octanol–water partition coefficient (Wildman–Crippen LogP) is 3.12. The monoisotopic (exact) mass is 281 g/mol. The lowest BCUT2D eigenvalue weighted by molar-refractivity contribution is -0.142. The van der Waals surface area contributed by atoms with Crippen molar-refractivity contribution >= 4 is 17.6 Å². The number of likely N-dealkylation sites (tertiary alicyclic amines) is 1. The lowest BCUT2D eigenvalue weighted by Crippen LogP contribution is -2.34. The fraction of sp³-hybridized carbons (Fsp3) is 0.533. The number of halogens is 1. The van der Waals surface area contributed by atoms with Crippen LogP contribution in [0.2, 0.25) is 5.02 Å². The van der Waals surface area contributed by atoms with Crippen molar-refractivity contribution in [3.05, 3.63) is 34.9 Å². The molecule has 0 spiro atoms. The van der Waals surface area contributed by atoms with Gasteiger partial charge in [0.2, 0.25) is 0 Å². The van der Waals surface area contributed by atoms with Crippen LogP contribution < -0.4 is 0 Å². The Morgan fingerprint density at radius 1 is 1.37 bits per heavy atom. The first-order chi connectivity index (χ1) is 9.19. The highest BCUT2D eigenvalue weighted by Crippen LogP contribution is 2.24. The van der Waals surface area contributed by atoms with Crippen LogP contribution in [0.4, 0.5) is 0 Å². The SMILES string of the molecule is COC(=O)CC1CCN(Cc2ccccc2Cl)CC1. The molecule has 1 heterocycles. The second kappa shape index (κ2) is 6.92. The number of nitrogens with zero attached hydrogens (tertiary/aromatic N) is 1. The summed E-state index contributed by atoms with van der Waals surface area (Å²) in [5.74, 6) is 0.375. The average Bonchev–Trinajstić information content (AvgIpc) is 2.43. The van der Waals surface area contributed by atoms with Gasteiger partial charge in [0.25, 0.3) is 0 Å². The van der Waals surface area contributed by atoms with Crippen LogP contribution in [0.25, 0.3) is 0 Å². The number of rotatable bonds is 4.